The SMILES string of the molecule is C[C@@H]1CC[C@@]2(OC1)O[C@H]1C[C@H]3[C@@H]4CC[C@@H]5C[C@H](NC(=O)CC(=O)NCCO)CC[C@]5(C)[C@H]4CC[C@]3(C)[C@H]1[C@@H]2C. The minimum Gasteiger partial charge on any atom is -0.395 e. The van der Waals surface area contributed by atoms with Crippen LogP contribution in [0.1, 0.15) is 98.3 Å². The molecule has 4 saturated carbocycles. The molecule has 7 heteroatoms. The van der Waals surface area contributed by atoms with Crippen LogP contribution >= 0.6 is 0 Å². The fourth-order valence-corrected chi connectivity index (χ4v) is 11.1. The van der Waals surface area contributed by atoms with E-state index in [2.05, 4.69) is 38.3 Å². The maximum atomic E-state index is 12.5. The highest BCUT2D eigenvalue weighted by molar-refractivity contribution is 5.96. The lowest BCUT2D eigenvalue weighted by atomic mass is 9.44. The van der Waals surface area contributed by atoms with Gasteiger partial charge in [0.05, 0.1) is 19.3 Å². The fraction of sp³-hybridized carbons (Fsp3) is 0.938. The number of aliphatic hydroxyl groups excluding tert-OH is 1. The number of ether oxygens (including phenoxy) is 2. The van der Waals surface area contributed by atoms with Crippen molar-refractivity contribution >= 4 is 11.8 Å². The zero-order chi connectivity index (χ0) is 27.6. The zero-order valence-corrected chi connectivity index (χ0v) is 24.7. The van der Waals surface area contributed by atoms with Crippen LogP contribution in [0.5, 0.6) is 0 Å². The Kier molecular flexibility index (Phi) is 7.36. The summed E-state index contributed by atoms with van der Waals surface area (Å²) in [7, 11) is 0. The molecule has 2 heterocycles. The van der Waals surface area contributed by atoms with Crippen molar-refractivity contribution in [3.05, 3.63) is 0 Å². The van der Waals surface area contributed by atoms with Crippen molar-refractivity contribution in [1.82, 2.24) is 10.6 Å². The van der Waals surface area contributed by atoms with Crippen LogP contribution in [0.4, 0.5) is 0 Å². The molecule has 4 aliphatic carbocycles. The van der Waals surface area contributed by atoms with Crippen molar-refractivity contribution in [3.63, 3.8) is 0 Å². The van der Waals surface area contributed by atoms with E-state index in [1.54, 1.807) is 0 Å². The summed E-state index contributed by atoms with van der Waals surface area (Å²) >= 11 is 0. The number of aliphatic hydroxyl groups is 1. The van der Waals surface area contributed by atoms with Crippen LogP contribution in [0.2, 0.25) is 0 Å². The normalized spacial score (nSPS) is 50.4. The predicted molar refractivity (Wildman–Crippen MR) is 148 cm³/mol. The first kappa shape index (κ1) is 28.0. The second-order valence-corrected chi connectivity index (χ2v) is 15.0. The Morgan fingerprint density at radius 2 is 1.72 bits per heavy atom. The van der Waals surface area contributed by atoms with Gasteiger partial charge in [-0.25, -0.2) is 0 Å². The fourth-order valence-electron chi connectivity index (χ4n) is 11.1. The maximum Gasteiger partial charge on any atom is 0.229 e. The summed E-state index contributed by atoms with van der Waals surface area (Å²) in [5.41, 5.74) is 0.699. The number of carbonyl (C=O) groups excluding carboxylic acids is 2. The first-order valence-electron chi connectivity index (χ1n) is 16.1. The smallest absolute Gasteiger partial charge is 0.229 e. The number of hydrogen-bond donors (Lipinski definition) is 3. The third-order valence-electron chi connectivity index (χ3n) is 13.1. The van der Waals surface area contributed by atoms with Crippen LogP contribution in [-0.2, 0) is 19.1 Å². The Morgan fingerprint density at radius 3 is 2.46 bits per heavy atom. The number of nitrogens with one attached hydrogen (secondary N) is 2. The topological polar surface area (TPSA) is 96.9 Å². The van der Waals surface area contributed by atoms with E-state index in [4.69, 9.17) is 14.6 Å². The molecular formula is C32H52N2O5. The second-order valence-electron chi connectivity index (χ2n) is 15.0. The van der Waals surface area contributed by atoms with Gasteiger partial charge >= 0.3 is 0 Å². The molecule has 2 aliphatic heterocycles. The molecule has 6 rings (SSSR count). The molecular weight excluding hydrogens is 492 g/mol. The van der Waals surface area contributed by atoms with Crippen molar-refractivity contribution in [2.24, 2.45) is 52.3 Å². The van der Waals surface area contributed by atoms with Crippen LogP contribution in [0.25, 0.3) is 0 Å². The van der Waals surface area contributed by atoms with Gasteiger partial charge < -0.3 is 25.2 Å². The molecule has 0 bridgehead atoms. The van der Waals surface area contributed by atoms with E-state index in [9.17, 15) is 9.59 Å². The van der Waals surface area contributed by atoms with Gasteiger partial charge in [-0.3, -0.25) is 9.59 Å². The average Bonchev–Trinajstić information content (AvgIpc) is 3.34. The first-order chi connectivity index (χ1) is 18.6. The molecule has 12 atom stereocenters. The highest BCUT2D eigenvalue weighted by Gasteiger charge is 2.69. The van der Waals surface area contributed by atoms with Crippen molar-refractivity contribution in [2.75, 3.05) is 19.8 Å². The molecule has 0 aromatic rings. The van der Waals surface area contributed by atoms with E-state index in [1.807, 2.05) is 0 Å². The largest absolute Gasteiger partial charge is 0.395 e. The molecule has 0 aromatic carbocycles. The number of amides is 2. The Hall–Kier alpha value is -1.18. The third kappa shape index (κ3) is 4.57. The number of carbonyl (C=O) groups is 2. The zero-order valence-electron chi connectivity index (χ0n) is 24.7. The molecule has 1 spiro atoms. The lowest BCUT2D eigenvalue weighted by Gasteiger charge is -2.61. The summed E-state index contributed by atoms with van der Waals surface area (Å²) in [5.74, 6) is 3.83. The average molecular weight is 545 g/mol. The second kappa shape index (κ2) is 10.3. The third-order valence-corrected chi connectivity index (χ3v) is 13.1. The maximum absolute atomic E-state index is 12.5. The summed E-state index contributed by atoms with van der Waals surface area (Å²) in [6, 6.07) is 0.168. The lowest BCUT2D eigenvalue weighted by molar-refractivity contribution is -0.273. The Labute approximate surface area is 234 Å². The summed E-state index contributed by atoms with van der Waals surface area (Å²) in [6.07, 6.45) is 12.1. The first-order valence-corrected chi connectivity index (χ1v) is 16.1. The monoisotopic (exact) mass is 544 g/mol. The van der Waals surface area contributed by atoms with Crippen LogP contribution < -0.4 is 10.6 Å². The van der Waals surface area contributed by atoms with E-state index >= 15 is 0 Å². The lowest BCUT2D eigenvalue weighted by Crippen LogP contribution is -2.56. The minimum atomic E-state index is -0.335. The van der Waals surface area contributed by atoms with Crippen LogP contribution in [-0.4, -0.2) is 54.6 Å². The summed E-state index contributed by atoms with van der Waals surface area (Å²) in [4.78, 5) is 24.4. The molecule has 220 valence electrons. The van der Waals surface area contributed by atoms with Gasteiger partial charge in [0.15, 0.2) is 5.79 Å². The Balaban J connectivity index is 1.10. The Bertz CT molecular complexity index is 949. The van der Waals surface area contributed by atoms with E-state index in [1.165, 1.54) is 44.9 Å². The summed E-state index contributed by atoms with van der Waals surface area (Å²) in [5, 5.41) is 14.6. The van der Waals surface area contributed by atoms with Gasteiger partial charge in [-0.15, -0.1) is 0 Å². The molecule has 39 heavy (non-hydrogen) atoms. The van der Waals surface area contributed by atoms with Gasteiger partial charge in [0.25, 0.3) is 0 Å². The molecule has 0 radical (unpaired) electrons. The van der Waals surface area contributed by atoms with Gasteiger partial charge in [-0.1, -0.05) is 27.7 Å². The Morgan fingerprint density at radius 1 is 0.923 bits per heavy atom. The molecule has 6 fully saturated rings. The van der Waals surface area contributed by atoms with Crippen LogP contribution in [0, 0.1) is 52.3 Å². The summed E-state index contributed by atoms with van der Waals surface area (Å²) < 4.78 is 13.4. The van der Waals surface area contributed by atoms with Crippen molar-refractivity contribution < 1.29 is 24.2 Å². The van der Waals surface area contributed by atoms with E-state index in [-0.39, 0.29) is 43.2 Å². The highest BCUT2D eigenvalue weighted by atomic mass is 16.7. The molecule has 0 aromatic heterocycles. The standard InChI is InChI=1S/C32H52N2O5/c1-19-7-12-32(38-18-19)20(2)29-26(39-32)16-25-23-6-5-21-15-22(34-28(37)17-27(36)33-13-14-35)8-10-30(21,3)24(23)9-11-31(25,29)4/h19-26,29,35H,5-18H2,1-4H3,(H,33,36)(H,34,37)/t19-,20+,21-,22-,23-,24+,25+,26+,29+,30+,31+,32-/m1/s1. The molecule has 6 aliphatic rings. The van der Waals surface area contributed by atoms with E-state index in [0.717, 1.165) is 43.6 Å². The molecule has 0 unspecified atom stereocenters. The molecule has 3 N–H and O–H groups in total. The quantitative estimate of drug-likeness (QED) is 0.446. The van der Waals surface area contributed by atoms with Crippen molar-refractivity contribution in [3.8, 4) is 0 Å². The highest BCUT2D eigenvalue weighted by Crippen LogP contribution is 2.71. The van der Waals surface area contributed by atoms with E-state index in [0.29, 0.717) is 40.6 Å². The molecule has 7 nitrogen and oxygen atoms in total. The van der Waals surface area contributed by atoms with Crippen LogP contribution in [0.3, 0.4) is 0 Å². The molecule has 2 amide bonds. The minimum absolute atomic E-state index is 0.111. The number of rotatable bonds is 5. The van der Waals surface area contributed by atoms with Crippen molar-refractivity contribution in [2.45, 2.75) is 116 Å². The van der Waals surface area contributed by atoms with Gasteiger partial charge in [0, 0.05) is 24.9 Å². The van der Waals surface area contributed by atoms with Gasteiger partial charge in [-0.05, 0) is 104 Å². The molecule has 2 saturated heterocycles. The number of hydrogen-bond acceptors (Lipinski definition) is 5. The van der Waals surface area contributed by atoms with E-state index < -0.39 is 0 Å². The predicted octanol–water partition coefficient (Wildman–Crippen LogP) is 4.42. The van der Waals surface area contributed by atoms with Gasteiger partial charge in [0.2, 0.25) is 11.8 Å². The van der Waals surface area contributed by atoms with Gasteiger partial charge in [0.1, 0.15) is 6.42 Å². The number of fused-ring (bicyclic) bond motifs is 7. The van der Waals surface area contributed by atoms with Crippen molar-refractivity contribution in [1.29, 1.82) is 0 Å². The summed E-state index contributed by atoms with van der Waals surface area (Å²) in [6.45, 7) is 10.8. The van der Waals surface area contributed by atoms with Crippen LogP contribution in [0.15, 0.2) is 0 Å². The van der Waals surface area contributed by atoms with Gasteiger partial charge in [-0.2, -0.15) is 0 Å².